The summed E-state index contributed by atoms with van der Waals surface area (Å²) in [4.78, 5) is 4.86. The standard InChI is InChI=1S/C13H20N2O/c1-14-6-5-9-7-13(14)15(2)12-4-3-10(16)8-11(9)12/h3-4,9,11,13,16H,5-8H2,1-2H3. The average Bonchev–Trinajstić information content (AvgIpc) is 2.28. The Hall–Kier alpha value is -0.960. The van der Waals surface area contributed by atoms with Gasteiger partial charge in [0.25, 0.3) is 0 Å². The van der Waals surface area contributed by atoms with Crippen LogP contribution in [0.5, 0.6) is 0 Å². The average molecular weight is 220 g/mol. The Morgan fingerprint density at radius 2 is 2.12 bits per heavy atom. The smallest absolute Gasteiger partial charge is 0.0930 e. The van der Waals surface area contributed by atoms with Crippen LogP contribution in [0.3, 0.4) is 0 Å². The summed E-state index contributed by atoms with van der Waals surface area (Å²) in [7, 11) is 4.41. The summed E-state index contributed by atoms with van der Waals surface area (Å²) in [5.74, 6) is 1.87. The van der Waals surface area contributed by atoms with Crippen molar-refractivity contribution in [2.75, 3.05) is 20.6 Å². The predicted molar refractivity (Wildman–Crippen MR) is 63.8 cm³/mol. The lowest BCUT2D eigenvalue weighted by Gasteiger charge is -2.53. The van der Waals surface area contributed by atoms with Crippen LogP contribution in [0.2, 0.25) is 0 Å². The fraction of sp³-hybridized carbons (Fsp3) is 0.692. The topological polar surface area (TPSA) is 26.7 Å². The molecule has 2 saturated heterocycles. The molecule has 88 valence electrons. The van der Waals surface area contributed by atoms with Gasteiger partial charge in [0.05, 0.1) is 11.9 Å². The highest BCUT2D eigenvalue weighted by atomic mass is 16.3. The van der Waals surface area contributed by atoms with Crippen molar-refractivity contribution in [1.29, 1.82) is 0 Å². The van der Waals surface area contributed by atoms with Crippen LogP contribution in [-0.4, -0.2) is 41.7 Å². The van der Waals surface area contributed by atoms with Crippen LogP contribution in [0.1, 0.15) is 19.3 Å². The van der Waals surface area contributed by atoms with Crippen LogP contribution < -0.4 is 0 Å². The number of hydrogen-bond acceptors (Lipinski definition) is 3. The maximum atomic E-state index is 9.67. The van der Waals surface area contributed by atoms with E-state index in [0.717, 1.165) is 12.3 Å². The molecule has 0 aromatic rings. The van der Waals surface area contributed by atoms with Gasteiger partial charge in [0.2, 0.25) is 0 Å². The van der Waals surface area contributed by atoms with E-state index in [1.165, 1.54) is 25.1 Å². The minimum absolute atomic E-state index is 0.555. The van der Waals surface area contributed by atoms with Crippen molar-refractivity contribution in [1.82, 2.24) is 9.80 Å². The molecule has 2 bridgehead atoms. The van der Waals surface area contributed by atoms with E-state index in [0.29, 0.717) is 17.8 Å². The van der Waals surface area contributed by atoms with Gasteiger partial charge >= 0.3 is 0 Å². The van der Waals surface area contributed by atoms with Crippen molar-refractivity contribution in [2.45, 2.75) is 25.4 Å². The van der Waals surface area contributed by atoms with Crippen LogP contribution >= 0.6 is 0 Å². The lowest BCUT2D eigenvalue weighted by atomic mass is 9.73. The zero-order valence-corrected chi connectivity index (χ0v) is 10.1. The molecule has 16 heavy (non-hydrogen) atoms. The SMILES string of the molecule is CN1CCC2CC1N(C)C1=CC=C(O)CC12. The Morgan fingerprint density at radius 1 is 1.31 bits per heavy atom. The Balaban J connectivity index is 1.95. The van der Waals surface area contributed by atoms with E-state index >= 15 is 0 Å². The van der Waals surface area contributed by atoms with Gasteiger partial charge in [-0.25, -0.2) is 0 Å². The van der Waals surface area contributed by atoms with Gasteiger partial charge < -0.3 is 10.0 Å². The molecule has 0 saturated carbocycles. The Kier molecular flexibility index (Phi) is 2.25. The molecule has 3 heteroatoms. The maximum Gasteiger partial charge on any atom is 0.0930 e. The molecule has 3 atom stereocenters. The second kappa shape index (κ2) is 3.52. The second-order valence-corrected chi connectivity index (χ2v) is 5.42. The van der Waals surface area contributed by atoms with E-state index in [2.05, 4.69) is 30.0 Å². The van der Waals surface area contributed by atoms with Gasteiger partial charge in [-0.1, -0.05) is 0 Å². The molecular weight excluding hydrogens is 200 g/mol. The molecule has 3 nitrogen and oxygen atoms in total. The van der Waals surface area contributed by atoms with Crippen molar-refractivity contribution in [3.05, 3.63) is 23.6 Å². The molecule has 3 aliphatic rings. The second-order valence-electron chi connectivity index (χ2n) is 5.42. The minimum Gasteiger partial charge on any atom is -0.512 e. The first kappa shape index (κ1) is 10.2. The van der Waals surface area contributed by atoms with E-state index in [4.69, 9.17) is 0 Å². The van der Waals surface area contributed by atoms with Crippen molar-refractivity contribution in [2.24, 2.45) is 11.8 Å². The third-order valence-corrected chi connectivity index (χ3v) is 4.55. The fourth-order valence-electron chi connectivity index (χ4n) is 3.57. The number of hydrogen-bond donors (Lipinski definition) is 1. The first-order chi connectivity index (χ1) is 7.66. The molecule has 0 aromatic heterocycles. The first-order valence-corrected chi connectivity index (χ1v) is 6.19. The lowest BCUT2D eigenvalue weighted by Crippen LogP contribution is -2.55. The molecule has 1 N–H and O–H groups in total. The van der Waals surface area contributed by atoms with Gasteiger partial charge in [-0.3, -0.25) is 4.90 Å². The Morgan fingerprint density at radius 3 is 2.94 bits per heavy atom. The minimum atomic E-state index is 0.555. The Labute approximate surface area is 97.0 Å². The van der Waals surface area contributed by atoms with E-state index in [1.54, 1.807) is 0 Å². The van der Waals surface area contributed by atoms with Crippen LogP contribution in [0, 0.1) is 11.8 Å². The van der Waals surface area contributed by atoms with Gasteiger partial charge in [-0.2, -0.15) is 0 Å². The number of fused-ring (bicyclic) bond motifs is 4. The molecule has 2 fully saturated rings. The fourth-order valence-corrected chi connectivity index (χ4v) is 3.57. The quantitative estimate of drug-likeness (QED) is 0.676. The van der Waals surface area contributed by atoms with E-state index < -0.39 is 0 Å². The van der Waals surface area contributed by atoms with Crippen LogP contribution in [0.15, 0.2) is 23.6 Å². The Bertz CT molecular complexity index is 361. The zero-order valence-electron chi connectivity index (χ0n) is 10.1. The van der Waals surface area contributed by atoms with Crippen molar-refractivity contribution in [3.63, 3.8) is 0 Å². The molecule has 1 aliphatic carbocycles. The summed E-state index contributed by atoms with van der Waals surface area (Å²) < 4.78 is 0. The molecular formula is C13H20N2O. The van der Waals surface area contributed by atoms with E-state index in [-0.39, 0.29) is 0 Å². The highest BCUT2D eigenvalue weighted by molar-refractivity contribution is 5.26. The van der Waals surface area contributed by atoms with Gasteiger partial charge in [-0.15, -0.1) is 0 Å². The van der Waals surface area contributed by atoms with Gasteiger partial charge in [0.15, 0.2) is 0 Å². The molecule has 0 aromatic carbocycles. The largest absolute Gasteiger partial charge is 0.512 e. The number of rotatable bonds is 0. The van der Waals surface area contributed by atoms with Gasteiger partial charge in [-0.05, 0) is 38.0 Å². The summed E-state index contributed by atoms with van der Waals surface area (Å²) >= 11 is 0. The summed E-state index contributed by atoms with van der Waals surface area (Å²) in [5, 5.41) is 9.67. The van der Waals surface area contributed by atoms with E-state index in [9.17, 15) is 5.11 Å². The number of likely N-dealkylation sites (tertiary alicyclic amines) is 2. The van der Waals surface area contributed by atoms with Crippen LogP contribution in [-0.2, 0) is 0 Å². The van der Waals surface area contributed by atoms with Crippen molar-refractivity contribution >= 4 is 0 Å². The predicted octanol–water partition coefficient (Wildman–Crippen LogP) is 1.95. The third kappa shape index (κ3) is 1.38. The highest BCUT2D eigenvalue weighted by Gasteiger charge is 2.42. The normalized spacial score (nSPS) is 38.9. The molecule has 2 aliphatic heterocycles. The maximum absolute atomic E-state index is 9.67. The van der Waals surface area contributed by atoms with Gasteiger partial charge in [0.1, 0.15) is 0 Å². The number of piperidine rings is 2. The lowest BCUT2D eigenvalue weighted by molar-refractivity contribution is -0.0144. The molecule has 0 radical (unpaired) electrons. The summed E-state index contributed by atoms with van der Waals surface area (Å²) in [5.41, 5.74) is 1.42. The molecule has 3 unspecified atom stereocenters. The first-order valence-electron chi connectivity index (χ1n) is 6.19. The number of nitrogens with zero attached hydrogens (tertiary/aromatic N) is 2. The molecule has 0 spiro atoms. The summed E-state index contributed by atoms with van der Waals surface area (Å²) in [6.45, 7) is 1.19. The highest BCUT2D eigenvalue weighted by Crippen LogP contribution is 2.44. The zero-order chi connectivity index (χ0) is 11.3. The summed E-state index contributed by atoms with van der Waals surface area (Å²) in [6.07, 6.45) is 7.91. The molecule has 0 amide bonds. The number of aliphatic hydroxyl groups excluding tert-OH is 1. The van der Waals surface area contributed by atoms with Crippen LogP contribution in [0.4, 0.5) is 0 Å². The molecule has 3 rings (SSSR count). The van der Waals surface area contributed by atoms with Crippen molar-refractivity contribution in [3.8, 4) is 0 Å². The van der Waals surface area contributed by atoms with Crippen LogP contribution in [0.25, 0.3) is 0 Å². The monoisotopic (exact) mass is 220 g/mol. The van der Waals surface area contributed by atoms with E-state index in [1.807, 2.05) is 6.08 Å². The van der Waals surface area contributed by atoms with Crippen molar-refractivity contribution < 1.29 is 5.11 Å². The number of allylic oxidation sites excluding steroid dienone is 4. The number of aliphatic hydroxyl groups is 1. The van der Waals surface area contributed by atoms with Gasteiger partial charge in [0, 0.05) is 31.6 Å². The molecule has 2 heterocycles. The summed E-state index contributed by atoms with van der Waals surface area (Å²) in [6, 6.07) is 0. The third-order valence-electron chi connectivity index (χ3n) is 4.55.